The number of morpholine rings is 1. The third kappa shape index (κ3) is 4.54. The Labute approximate surface area is 172 Å². The van der Waals surface area contributed by atoms with Crippen LogP contribution in [0, 0.1) is 0 Å². The lowest BCUT2D eigenvalue weighted by Crippen LogP contribution is -2.36. The van der Waals surface area contributed by atoms with Crippen molar-refractivity contribution in [2.45, 2.75) is 57.5 Å². The summed E-state index contributed by atoms with van der Waals surface area (Å²) in [6.07, 6.45) is 7.26. The third-order valence-corrected chi connectivity index (χ3v) is 6.13. The molecule has 1 aromatic carbocycles. The Kier molecular flexibility index (Phi) is 6.31. The predicted octanol–water partition coefficient (Wildman–Crippen LogP) is 3.74. The van der Waals surface area contributed by atoms with E-state index in [1.54, 1.807) is 6.20 Å². The van der Waals surface area contributed by atoms with Crippen molar-refractivity contribution in [3.8, 4) is 0 Å². The molecule has 3 N–H and O–H groups in total. The minimum absolute atomic E-state index is 0.161. The number of nitrogens with zero attached hydrogens (tertiary/aromatic N) is 2. The number of carbonyl (C=O) groups is 1. The number of carbonyl (C=O) groups excluding carboxylic acids is 1. The summed E-state index contributed by atoms with van der Waals surface area (Å²) in [4.78, 5) is 19.8. The van der Waals surface area contributed by atoms with E-state index in [1.165, 1.54) is 0 Å². The number of nitrogens with one attached hydrogen (secondary N) is 1. The van der Waals surface area contributed by atoms with Gasteiger partial charge >= 0.3 is 0 Å². The van der Waals surface area contributed by atoms with Crippen LogP contribution in [0.4, 0.5) is 11.4 Å². The molecule has 1 aliphatic carbocycles. The lowest BCUT2D eigenvalue weighted by atomic mass is 9.91. The molecule has 2 heterocycles. The largest absolute Gasteiger partial charge is 0.381 e. The average Bonchev–Trinajstić information content (AvgIpc) is 2.76. The summed E-state index contributed by atoms with van der Waals surface area (Å²) in [6, 6.07) is 7.03. The standard InChI is InChI=1S/C23H32N4O2/c1-2-3-22(28)20-15-25-21-9-8-18(27-10-12-29-13-11-27)14-19(21)23(20)26-17-6-4-16(24)5-7-17/h8-9,14-17H,2-7,10-13,24H2,1H3,(H,25,26). The van der Waals surface area contributed by atoms with Gasteiger partial charge in [0.1, 0.15) is 0 Å². The second kappa shape index (κ2) is 9.09. The molecular weight excluding hydrogens is 364 g/mol. The molecule has 1 saturated carbocycles. The van der Waals surface area contributed by atoms with Crippen LogP contribution in [0.3, 0.4) is 0 Å². The summed E-state index contributed by atoms with van der Waals surface area (Å²) >= 11 is 0. The maximum Gasteiger partial charge on any atom is 0.166 e. The average molecular weight is 397 g/mol. The highest BCUT2D eigenvalue weighted by Crippen LogP contribution is 2.33. The molecule has 1 aromatic heterocycles. The second-order valence-electron chi connectivity index (χ2n) is 8.28. The highest BCUT2D eigenvalue weighted by Gasteiger charge is 2.23. The van der Waals surface area contributed by atoms with Crippen LogP contribution in [-0.2, 0) is 4.74 Å². The van der Waals surface area contributed by atoms with Crippen molar-refractivity contribution >= 4 is 28.1 Å². The molecule has 2 aliphatic rings. The Hall–Kier alpha value is -2.18. The second-order valence-corrected chi connectivity index (χ2v) is 8.28. The topological polar surface area (TPSA) is 80.5 Å². The maximum absolute atomic E-state index is 12.9. The van der Waals surface area contributed by atoms with Crippen LogP contribution in [0.5, 0.6) is 0 Å². The fourth-order valence-electron chi connectivity index (χ4n) is 4.40. The number of hydrogen-bond donors (Lipinski definition) is 2. The van der Waals surface area contributed by atoms with Gasteiger partial charge in [-0.2, -0.15) is 0 Å². The Morgan fingerprint density at radius 1 is 1.24 bits per heavy atom. The predicted molar refractivity (Wildman–Crippen MR) is 118 cm³/mol. The van der Waals surface area contributed by atoms with Crippen LogP contribution < -0.4 is 16.0 Å². The first-order valence-corrected chi connectivity index (χ1v) is 11.0. The van der Waals surface area contributed by atoms with E-state index in [2.05, 4.69) is 33.4 Å². The Morgan fingerprint density at radius 3 is 2.72 bits per heavy atom. The summed E-state index contributed by atoms with van der Waals surface area (Å²) in [5.41, 5.74) is 9.84. The number of hydrogen-bond acceptors (Lipinski definition) is 6. The van der Waals surface area contributed by atoms with E-state index in [1.807, 2.05) is 6.92 Å². The minimum atomic E-state index is 0.161. The van der Waals surface area contributed by atoms with E-state index in [-0.39, 0.29) is 5.78 Å². The first-order valence-electron chi connectivity index (χ1n) is 11.0. The van der Waals surface area contributed by atoms with Crippen molar-refractivity contribution in [1.29, 1.82) is 0 Å². The molecule has 1 aliphatic heterocycles. The summed E-state index contributed by atoms with van der Waals surface area (Å²) in [5, 5.41) is 4.76. The van der Waals surface area contributed by atoms with Crippen molar-refractivity contribution in [2.75, 3.05) is 36.5 Å². The SMILES string of the molecule is CCCC(=O)c1cnc2ccc(N3CCOCC3)cc2c1NC1CCC(N)CC1. The fraction of sp³-hybridized carbons (Fsp3) is 0.565. The number of fused-ring (bicyclic) bond motifs is 1. The molecule has 0 spiro atoms. The highest BCUT2D eigenvalue weighted by molar-refractivity contribution is 6.08. The van der Waals surface area contributed by atoms with Crippen molar-refractivity contribution < 1.29 is 9.53 Å². The van der Waals surface area contributed by atoms with E-state index >= 15 is 0 Å². The van der Waals surface area contributed by atoms with E-state index < -0.39 is 0 Å². The van der Waals surface area contributed by atoms with Crippen molar-refractivity contribution in [2.24, 2.45) is 5.73 Å². The smallest absolute Gasteiger partial charge is 0.166 e. The molecule has 2 fully saturated rings. The number of aromatic nitrogens is 1. The van der Waals surface area contributed by atoms with Gasteiger partial charge in [0.15, 0.2) is 5.78 Å². The van der Waals surface area contributed by atoms with Crippen LogP contribution in [0.1, 0.15) is 55.8 Å². The number of Topliss-reactive ketones (excluding diaryl/α,β-unsaturated/α-hetero) is 1. The molecule has 4 rings (SSSR count). The summed E-state index contributed by atoms with van der Waals surface area (Å²) < 4.78 is 5.50. The monoisotopic (exact) mass is 396 g/mol. The highest BCUT2D eigenvalue weighted by atomic mass is 16.5. The molecular formula is C23H32N4O2. The molecule has 0 amide bonds. The minimum Gasteiger partial charge on any atom is -0.381 e. The van der Waals surface area contributed by atoms with Crippen LogP contribution in [0.25, 0.3) is 10.9 Å². The Balaban J connectivity index is 1.73. The number of ketones is 1. The first kappa shape index (κ1) is 20.1. The number of pyridine rings is 1. The van der Waals surface area contributed by atoms with E-state index in [9.17, 15) is 4.79 Å². The van der Waals surface area contributed by atoms with Crippen molar-refractivity contribution in [3.63, 3.8) is 0 Å². The first-order chi connectivity index (χ1) is 14.2. The molecule has 6 nitrogen and oxygen atoms in total. The van der Waals surface area contributed by atoms with Crippen LogP contribution in [0.15, 0.2) is 24.4 Å². The number of rotatable bonds is 6. The van der Waals surface area contributed by atoms with E-state index in [0.717, 1.165) is 80.7 Å². The number of benzene rings is 1. The molecule has 2 aromatic rings. The van der Waals surface area contributed by atoms with E-state index in [0.29, 0.717) is 24.1 Å². The Bertz CT molecular complexity index is 855. The van der Waals surface area contributed by atoms with Gasteiger partial charge in [0.25, 0.3) is 0 Å². The zero-order chi connectivity index (χ0) is 20.2. The van der Waals surface area contributed by atoms with Crippen LogP contribution in [-0.4, -0.2) is 49.2 Å². The van der Waals surface area contributed by atoms with Crippen molar-refractivity contribution in [3.05, 3.63) is 30.0 Å². The van der Waals surface area contributed by atoms with Gasteiger partial charge in [-0.1, -0.05) is 6.92 Å². The summed E-state index contributed by atoms with van der Waals surface area (Å²) in [5.74, 6) is 0.161. The van der Waals surface area contributed by atoms with Gasteiger partial charge in [0.2, 0.25) is 0 Å². The maximum atomic E-state index is 12.9. The molecule has 0 unspecified atom stereocenters. The molecule has 0 radical (unpaired) electrons. The fourth-order valence-corrected chi connectivity index (χ4v) is 4.40. The van der Waals surface area contributed by atoms with Crippen LogP contribution in [0.2, 0.25) is 0 Å². The van der Waals surface area contributed by atoms with E-state index in [4.69, 9.17) is 10.5 Å². The number of ether oxygens (including phenoxy) is 1. The molecule has 156 valence electrons. The van der Waals surface area contributed by atoms with Crippen LogP contribution >= 0.6 is 0 Å². The van der Waals surface area contributed by atoms with Gasteiger partial charge in [-0.3, -0.25) is 9.78 Å². The number of nitrogens with two attached hydrogens (primary N) is 1. The van der Waals surface area contributed by atoms with Gasteiger partial charge in [0.05, 0.1) is 30.0 Å². The number of anilines is 2. The van der Waals surface area contributed by atoms with Gasteiger partial charge in [0, 0.05) is 48.9 Å². The molecule has 0 atom stereocenters. The summed E-state index contributed by atoms with van der Waals surface area (Å²) in [6.45, 7) is 5.31. The van der Waals surface area contributed by atoms with Gasteiger partial charge in [-0.25, -0.2) is 0 Å². The summed E-state index contributed by atoms with van der Waals surface area (Å²) in [7, 11) is 0. The lowest BCUT2D eigenvalue weighted by Gasteiger charge is -2.30. The van der Waals surface area contributed by atoms with Crippen molar-refractivity contribution in [1.82, 2.24) is 4.98 Å². The normalized spacial score (nSPS) is 22.6. The lowest BCUT2D eigenvalue weighted by molar-refractivity contribution is 0.0982. The van der Waals surface area contributed by atoms with Gasteiger partial charge in [-0.05, 0) is 50.3 Å². The zero-order valence-corrected chi connectivity index (χ0v) is 17.3. The third-order valence-electron chi connectivity index (χ3n) is 6.13. The molecule has 1 saturated heterocycles. The quantitative estimate of drug-likeness (QED) is 0.724. The molecule has 6 heteroatoms. The van der Waals surface area contributed by atoms with Gasteiger partial charge in [-0.15, -0.1) is 0 Å². The molecule has 0 bridgehead atoms. The molecule has 29 heavy (non-hydrogen) atoms. The van der Waals surface area contributed by atoms with Gasteiger partial charge < -0.3 is 20.7 Å². The zero-order valence-electron chi connectivity index (χ0n) is 17.3. The Morgan fingerprint density at radius 2 is 2.00 bits per heavy atom.